The normalized spacial score (nSPS) is 21.4. The molecule has 0 radical (unpaired) electrons. The molecule has 0 saturated carbocycles. The van der Waals surface area contributed by atoms with E-state index in [0.29, 0.717) is 23.0 Å². The van der Waals surface area contributed by atoms with Gasteiger partial charge in [-0.2, -0.15) is 0 Å². The first-order chi connectivity index (χ1) is 33.2. The Labute approximate surface area is 392 Å². The Balaban J connectivity index is 0.953. The van der Waals surface area contributed by atoms with Crippen LogP contribution in [0.25, 0.3) is 0 Å². The summed E-state index contributed by atoms with van der Waals surface area (Å²) in [5.74, 6) is -3.51. The highest BCUT2D eigenvalue weighted by atomic mass is 16.5. The summed E-state index contributed by atoms with van der Waals surface area (Å²) in [7, 11) is 5.32. The summed E-state index contributed by atoms with van der Waals surface area (Å²) in [5.41, 5.74) is 11.3. The first-order valence-corrected chi connectivity index (χ1v) is 22.5. The van der Waals surface area contributed by atoms with Crippen LogP contribution in [0.15, 0.2) is 132 Å². The van der Waals surface area contributed by atoms with E-state index in [1.165, 1.54) is 28.4 Å². The second-order valence-electron chi connectivity index (χ2n) is 17.7. The number of fused-ring (bicyclic) bond motifs is 1. The fraction of sp³-hybridized carbons (Fsp3) is 0.250. The van der Waals surface area contributed by atoms with Gasteiger partial charge in [-0.05, 0) is 115 Å². The summed E-state index contributed by atoms with van der Waals surface area (Å²) in [5, 5.41) is 0. The molecule has 27 rings (SSSR count). The number of benzene rings is 6. The van der Waals surface area contributed by atoms with Gasteiger partial charge in [-0.3, -0.25) is 9.59 Å². The molecule has 20 bridgehead atoms. The minimum Gasteiger partial charge on any atom is -0.489 e. The third kappa shape index (κ3) is 7.05. The fourth-order valence-corrected chi connectivity index (χ4v) is 11.1. The molecule has 0 saturated heterocycles. The van der Waals surface area contributed by atoms with Gasteiger partial charge in [0.05, 0.1) is 51.4 Å². The molecule has 12 heteroatoms. The Kier molecular flexibility index (Phi) is 10.7. The summed E-state index contributed by atoms with van der Waals surface area (Å²) in [4.78, 5) is 54.4. The van der Waals surface area contributed by atoms with Crippen molar-refractivity contribution in [3.63, 3.8) is 0 Å². The van der Waals surface area contributed by atoms with Crippen molar-refractivity contribution in [1.82, 2.24) is 0 Å². The molecular formula is C56H46O12. The Morgan fingerprint density at radius 3 is 0.956 bits per heavy atom. The maximum absolute atomic E-state index is 13.6. The second-order valence-corrected chi connectivity index (χ2v) is 17.7. The molecule has 6 atom stereocenters. The lowest BCUT2D eigenvalue weighted by Crippen LogP contribution is -2.47. The second kappa shape index (κ2) is 17.1. The Morgan fingerprint density at radius 2 is 0.662 bits per heavy atom. The molecule has 6 unspecified atom stereocenters. The SMILES string of the molecule is COC(=O)C1=C(C(=O)OC)C2c3ccc4cc3C1c1ccc(cc12)OCc1ccc(cc1)COc1ccc2c(c1)C1c3ccc(cc3C2C(C(=O)OC)C1C(=O)OC)OCc1ccc(cc1)CO4. The summed E-state index contributed by atoms with van der Waals surface area (Å²) in [6.07, 6.45) is 0. The molecule has 6 aromatic carbocycles. The van der Waals surface area contributed by atoms with Crippen LogP contribution < -0.4 is 18.9 Å². The molecule has 342 valence electrons. The van der Waals surface area contributed by atoms with Crippen molar-refractivity contribution in [2.75, 3.05) is 28.4 Å². The lowest BCUT2D eigenvalue weighted by atomic mass is 9.54. The van der Waals surface area contributed by atoms with Crippen LogP contribution in [-0.2, 0) is 64.6 Å². The largest absolute Gasteiger partial charge is 0.489 e. The average Bonchev–Trinajstić information content (AvgIpc) is 3.39. The van der Waals surface area contributed by atoms with Crippen molar-refractivity contribution in [2.24, 2.45) is 11.8 Å². The van der Waals surface area contributed by atoms with Gasteiger partial charge in [0.1, 0.15) is 49.4 Å². The minimum absolute atomic E-state index is 0.251. The van der Waals surface area contributed by atoms with Crippen molar-refractivity contribution < 1.29 is 57.1 Å². The van der Waals surface area contributed by atoms with Crippen molar-refractivity contribution in [3.05, 3.63) is 199 Å². The zero-order valence-corrected chi connectivity index (χ0v) is 37.7. The number of carbonyl (C=O) groups is 4. The Morgan fingerprint density at radius 1 is 0.368 bits per heavy atom. The molecule has 15 aliphatic heterocycles. The van der Waals surface area contributed by atoms with E-state index in [9.17, 15) is 19.2 Å². The number of methoxy groups -OCH3 is 4. The third-order valence-electron chi connectivity index (χ3n) is 14.2. The van der Waals surface area contributed by atoms with Gasteiger partial charge >= 0.3 is 23.9 Å². The number of hydrogen-bond acceptors (Lipinski definition) is 12. The van der Waals surface area contributed by atoms with Crippen molar-refractivity contribution >= 4 is 23.9 Å². The quantitative estimate of drug-likeness (QED) is 0.123. The monoisotopic (exact) mass is 910 g/mol. The maximum atomic E-state index is 13.6. The van der Waals surface area contributed by atoms with E-state index in [-0.39, 0.29) is 37.6 Å². The van der Waals surface area contributed by atoms with Crippen LogP contribution >= 0.6 is 0 Å². The van der Waals surface area contributed by atoms with Gasteiger partial charge in [0, 0.05) is 23.7 Å². The number of hydrogen-bond donors (Lipinski definition) is 0. The van der Waals surface area contributed by atoms with E-state index < -0.39 is 59.4 Å². The molecule has 68 heavy (non-hydrogen) atoms. The summed E-state index contributed by atoms with van der Waals surface area (Å²) >= 11 is 0. The van der Waals surface area contributed by atoms with E-state index in [0.717, 1.165) is 66.8 Å². The van der Waals surface area contributed by atoms with Crippen LogP contribution in [0.1, 0.15) is 90.4 Å². The van der Waals surface area contributed by atoms with Crippen molar-refractivity contribution in [1.29, 1.82) is 0 Å². The zero-order chi connectivity index (χ0) is 46.8. The van der Waals surface area contributed by atoms with E-state index in [2.05, 4.69) is 0 Å². The van der Waals surface area contributed by atoms with Crippen molar-refractivity contribution in [3.8, 4) is 23.0 Å². The molecular weight excluding hydrogens is 865 g/mol. The van der Waals surface area contributed by atoms with Crippen LogP contribution in [0.5, 0.6) is 23.0 Å². The lowest BCUT2D eigenvalue weighted by molar-refractivity contribution is -0.160. The van der Waals surface area contributed by atoms with Crippen LogP contribution in [0.4, 0.5) is 0 Å². The average molecular weight is 911 g/mol. The van der Waals surface area contributed by atoms with E-state index in [1.807, 2.05) is 121 Å². The fourth-order valence-electron chi connectivity index (χ4n) is 11.1. The van der Waals surface area contributed by atoms with Crippen LogP contribution in [-0.4, -0.2) is 52.3 Å². The predicted octanol–water partition coefficient (Wildman–Crippen LogP) is 8.72. The van der Waals surface area contributed by atoms with Gasteiger partial charge in [-0.15, -0.1) is 0 Å². The van der Waals surface area contributed by atoms with Crippen LogP contribution in [0.3, 0.4) is 0 Å². The topological polar surface area (TPSA) is 142 Å². The Hall–Kier alpha value is -7.86. The molecule has 0 aromatic heterocycles. The molecule has 15 heterocycles. The summed E-state index contributed by atoms with van der Waals surface area (Å²) in [6, 6.07) is 39.2. The first-order valence-electron chi connectivity index (χ1n) is 22.5. The summed E-state index contributed by atoms with van der Waals surface area (Å²) < 4.78 is 46.8. The van der Waals surface area contributed by atoms with E-state index in [4.69, 9.17) is 37.9 Å². The Bertz CT molecular complexity index is 2870. The molecule has 0 spiro atoms. The maximum Gasteiger partial charge on any atom is 0.335 e. The number of ether oxygens (including phenoxy) is 8. The molecule has 0 amide bonds. The third-order valence-corrected chi connectivity index (χ3v) is 14.2. The van der Waals surface area contributed by atoms with Crippen LogP contribution in [0.2, 0.25) is 0 Å². The summed E-state index contributed by atoms with van der Waals surface area (Å²) in [6.45, 7) is 1.12. The number of rotatable bonds is 4. The molecule has 6 aromatic rings. The van der Waals surface area contributed by atoms with Gasteiger partial charge in [0.25, 0.3) is 0 Å². The predicted molar refractivity (Wildman–Crippen MR) is 245 cm³/mol. The van der Waals surface area contributed by atoms with Gasteiger partial charge in [-0.1, -0.05) is 72.8 Å². The van der Waals surface area contributed by atoms with Gasteiger partial charge < -0.3 is 37.9 Å². The number of esters is 4. The number of carbonyl (C=O) groups excluding carboxylic acids is 4. The van der Waals surface area contributed by atoms with Crippen LogP contribution in [0, 0.1) is 11.8 Å². The molecule has 0 fully saturated rings. The van der Waals surface area contributed by atoms with Gasteiger partial charge in [-0.25, -0.2) is 9.59 Å². The molecule has 6 aliphatic carbocycles. The smallest absolute Gasteiger partial charge is 0.335 e. The molecule has 0 N–H and O–H groups in total. The molecule has 12 nitrogen and oxygen atoms in total. The lowest BCUT2D eigenvalue weighted by Gasteiger charge is -2.48. The zero-order valence-electron chi connectivity index (χ0n) is 37.7. The standard InChI is InChI=1S/C56H46O12/c1-61-53(57)49-45-37-17-13-34-22-42(37)46(50(49)54(58)62-2)38-18-14-33(21-41(38)45)65-25-29-5-7-31(8-6-29)27-67-35-15-19-39-43(23-35)47-40-20-16-36(68-28-32-11-9-30(10-12-32)26-66-34)24-44(40)48(39)52(56(60)64-4)51(47)55(59)63-3/h5-24,45-50H,25-28H2,1-4H3. The molecule has 21 aliphatic rings. The minimum atomic E-state index is -0.808. The van der Waals surface area contributed by atoms with E-state index >= 15 is 0 Å². The highest BCUT2D eigenvalue weighted by Crippen LogP contribution is 2.60. The van der Waals surface area contributed by atoms with Crippen molar-refractivity contribution in [2.45, 2.75) is 50.1 Å². The highest BCUT2D eigenvalue weighted by molar-refractivity contribution is 6.06. The van der Waals surface area contributed by atoms with Gasteiger partial charge in [0.15, 0.2) is 0 Å². The van der Waals surface area contributed by atoms with E-state index in [1.54, 1.807) is 0 Å². The van der Waals surface area contributed by atoms with Gasteiger partial charge in [0.2, 0.25) is 0 Å². The first kappa shape index (κ1) is 42.8. The highest BCUT2D eigenvalue weighted by Gasteiger charge is 2.57.